The van der Waals surface area contributed by atoms with Crippen LogP contribution in [0.15, 0.2) is 35.3 Å². The van der Waals surface area contributed by atoms with Gasteiger partial charge < -0.3 is 24.8 Å². The van der Waals surface area contributed by atoms with Gasteiger partial charge in [0.15, 0.2) is 11.4 Å². The SMILES string of the molecule is CC(=O)N1CCCN2C(=O)c3c(O)c(=O)c(C(=O)NCc4ccc(F)cc4)cn3CC12. The molecule has 3 heterocycles. The minimum atomic E-state index is -0.949. The second-order valence-corrected chi connectivity index (χ2v) is 7.58. The topological polar surface area (TPSA) is 112 Å². The van der Waals surface area contributed by atoms with Gasteiger partial charge in [0.05, 0.1) is 6.54 Å². The third-order valence-electron chi connectivity index (χ3n) is 5.61. The van der Waals surface area contributed by atoms with Gasteiger partial charge in [-0.2, -0.15) is 0 Å². The number of nitrogens with one attached hydrogen (secondary N) is 1. The number of fused-ring (bicyclic) bond motifs is 2. The molecular weight excluding hydrogens is 407 g/mol. The first-order valence-corrected chi connectivity index (χ1v) is 9.85. The van der Waals surface area contributed by atoms with Crippen LogP contribution in [0.1, 0.15) is 39.8 Å². The zero-order valence-corrected chi connectivity index (χ0v) is 16.8. The Balaban J connectivity index is 1.64. The lowest BCUT2D eigenvalue weighted by atomic mass is 10.1. The van der Waals surface area contributed by atoms with E-state index in [0.29, 0.717) is 25.1 Å². The minimum absolute atomic E-state index is 0.0501. The summed E-state index contributed by atoms with van der Waals surface area (Å²) in [6, 6.07) is 5.51. The zero-order valence-electron chi connectivity index (χ0n) is 16.8. The number of benzene rings is 1. The number of halogens is 1. The van der Waals surface area contributed by atoms with Crippen molar-refractivity contribution in [1.82, 2.24) is 19.7 Å². The number of carbonyl (C=O) groups excluding carboxylic acids is 3. The molecule has 2 aliphatic heterocycles. The predicted molar refractivity (Wildman–Crippen MR) is 107 cm³/mol. The fraction of sp³-hybridized carbons (Fsp3) is 0.333. The highest BCUT2D eigenvalue weighted by molar-refractivity contribution is 5.99. The van der Waals surface area contributed by atoms with E-state index >= 15 is 0 Å². The number of hydrogen-bond acceptors (Lipinski definition) is 5. The van der Waals surface area contributed by atoms with Gasteiger partial charge >= 0.3 is 0 Å². The maximum Gasteiger partial charge on any atom is 0.276 e. The highest BCUT2D eigenvalue weighted by Gasteiger charge is 2.41. The molecule has 2 aromatic rings. The summed E-state index contributed by atoms with van der Waals surface area (Å²) in [5, 5.41) is 13.0. The Morgan fingerprint density at radius 2 is 1.90 bits per heavy atom. The summed E-state index contributed by atoms with van der Waals surface area (Å²) in [5.41, 5.74) is -0.839. The molecule has 1 fully saturated rings. The number of nitrogens with zero attached hydrogens (tertiary/aromatic N) is 3. The molecule has 1 aromatic heterocycles. The lowest BCUT2D eigenvalue weighted by Gasteiger charge is -2.46. The lowest BCUT2D eigenvalue weighted by molar-refractivity contribution is -0.137. The summed E-state index contributed by atoms with van der Waals surface area (Å²) in [7, 11) is 0. The Hall–Kier alpha value is -3.69. The number of aromatic hydroxyl groups is 1. The molecule has 1 aromatic carbocycles. The molecule has 0 bridgehead atoms. The smallest absolute Gasteiger partial charge is 0.276 e. The first kappa shape index (κ1) is 20.6. The Morgan fingerprint density at radius 3 is 2.58 bits per heavy atom. The molecule has 4 rings (SSSR count). The third kappa shape index (κ3) is 3.65. The van der Waals surface area contributed by atoms with E-state index in [9.17, 15) is 28.7 Å². The van der Waals surface area contributed by atoms with Crippen molar-refractivity contribution in [3.05, 3.63) is 63.3 Å². The molecular formula is C21H21FN4O5. The van der Waals surface area contributed by atoms with Crippen LogP contribution in [0, 0.1) is 5.82 Å². The Kier molecular flexibility index (Phi) is 5.22. The van der Waals surface area contributed by atoms with Crippen molar-refractivity contribution in [3.63, 3.8) is 0 Å². The van der Waals surface area contributed by atoms with Crippen LogP contribution < -0.4 is 10.7 Å². The van der Waals surface area contributed by atoms with E-state index in [1.807, 2.05) is 0 Å². The molecule has 10 heteroatoms. The molecule has 2 aliphatic rings. The molecule has 162 valence electrons. The molecule has 9 nitrogen and oxygen atoms in total. The van der Waals surface area contributed by atoms with E-state index in [4.69, 9.17) is 0 Å². The Bertz CT molecular complexity index is 1130. The van der Waals surface area contributed by atoms with Crippen LogP contribution in [-0.4, -0.2) is 56.5 Å². The summed E-state index contributed by atoms with van der Waals surface area (Å²) >= 11 is 0. The van der Waals surface area contributed by atoms with Crippen molar-refractivity contribution in [3.8, 4) is 5.75 Å². The summed E-state index contributed by atoms with van der Waals surface area (Å²) < 4.78 is 14.4. The first-order valence-electron chi connectivity index (χ1n) is 9.85. The highest BCUT2D eigenvalue weighted by Crippen LogP contribution is 2.28. The summed E-state index contributed by atoms with van der Waals surface area (Å²) in [5.74, 6) is -2.68. The minimum Gasteiger partial charge on any atom is -0.503 e. The van der Waals surface area contributed by atoms with Gasteiger partial charge in [0.1, 0.15) is 17.5 Å². The van der Waals surface area contributed by atoms with Crippen molar-refractivity contribution in [2.45, 2.75) is 32.6 Å². The van der Waals surface area contributed by atoms with Crippen LogP contribution in [0.3, 0.4) is 0 Å². The van der Waals surface area contributed by atoms with Gasteiger partial charge in [0.2, 0.25) is 11.3 Å². The van der Waals surface area contributed by atoms with E-state index in [-0.39, 0.29) is 30.3 Å². The maximum absolute atomic E-state index is 13.0. The van der Waals surface area contributed by atoms with Crippen molar-refractivity contribution in [2.75, 3.05) is 13.1 Å². The number of aromatic nitrogens is 1. The van der Waals surface area contributed by atoms with Gasteiger partial charge in [-0.25, -0.2) is 4.39 Å². The lowest BCUT2D eigenvalue weighted by Crippen LogP contribution is -2.61. The average molecular weight is 428 g/mol. The van der Waals surface area contributed by atoms with E-state index < -0.39 is 35.0 Å². The fourth-order valence-electron chi connectivity index (χ4n) is 4.05. The average Bonchev–Trinajstić information content (AvgIpc) is 2.75. The quantitative estimate of drug-likeness (QED) is 0.746. The summed E-state index contributed by atoms with van der Waals surface area (Å²) in [4.78, 5) is 53.2. The molecule has 31 heavy (non-hydrogen) atoms. The Labute approximate surface area is 176 Å². The van der Waals surface area contributed by atoms with Crippen LogP contribution in [-0.2, 0) is 17.9 Å². The van der Waals surface area contributed by atoms with Crippen LogP contribution >= 0.6 is 0 Å². The fourth-order valence-corrected chi connectivity index (χ4v) is 4.05. The number of rotatable bonds is 3. The van der Waals surface area contributed by atoms with Gasteiger partial charge in [0.25, 0.3) is 11.8 Å². The van der Waals surface area contributed by atoms with Gasteiger partial charge in [0, 0.05) is 32.8 Å². The van der Waals surface area contributed by atoms with Crippen molar-refractivity contribution in [1.29, 1.82) is 0 Å². The van der Waals surface area contributed by atoms with Gasteiger partial charge in [-0.1, -0.05) is 12.1 Å². The normalized spacial score (nSPS) is 17.7. The van der Waals surface area contributed by atoms with E-state index in [1.165, 1.54) is 46.9 Å². The Morgan fingerprint density at radius 1 is 1.19 bits per heavy atom. The zero-order chi connectivity index (χ0) is 22.3. The predicted octanol–water partition coefficient (Wildman–Crippen LogP) is 0.657. The molecule has 1 saturated heterocycles. The molecule has 0 radical (unpaired) electrons. The molecule has 0 aliphatic carbocycles. The summed E-state index contributed by atoms with van der Waals surface area (Å²) in [6.45, 7) is 2.50. The van der Waals surface area contributed by atoms with Crippen molar-refractivity contribution >= 4 is 17.7 Å². The van der Waals surface area contributed by atoms with Crippen LogP contribution in [0.25, 0.3) is 0 Å². The number of carbonyl (C=O) groups is 3. The number of hydrogen-bond donors (Lipinski definition) is 2. The second-order valence-electron chi connectivity index (χ2n) is 7.58. The van der Waals surface area contributed by atoms with Crippen LogP contribution in [0.2, 0.25) is 0 Å². The third-order valence-corrected chi connectivity index (χ3v) is 5.61. The molecule has 1 atom stereocenters. The molecule has 1 unspecified atom stereocenters. The van der Waals surface area contributed by atoms with Gasteiger partial charge in [-0.05, 0) is 24.1 Å². The van der Waals surface area contributed by atoms with Crippen LogP contribution in [0.5, 0.6) is 5.75 Å². The largest absolute Gasteiger partial charge is 0.503 e. The van der Waals surface area contributed by atoms with E-state index in [2.05, 4.69) is 5.32 Å². The number of pyridine rings is 1. The van der Waals surface area contributed by atoms with Crippen molar-refractivity contribution < 1.29 is 23.9 Å². The van der Waals surface area contributed by atoms with E-state index in [1.54, 1.807) is 4.90 Å². The first-order chi connectivity index (χ1) is 14.8. The molecule has 0 spiro atoms. The van der Waals surface area contributed by atoms with Gasteiger partial charge in [-0.3, -0.25) is 19.2 Å². The monoisotopic (exact) mass is 428 g/mol. The van der Waals surface area contributed by atoms with Gasteiger partial charge in [-0.15, -0.1) is 0 Å². The summed E-state index contributed by atoms with van der Waals surface area (Å²) in [6.07, 6.45) is 1.28. The second kappa shape index (κ2) is 7.86. The molecule has 2 N–H and O–H groups in total. The highest BCUT2D eigenvalue weighted by atomic mass is 19.1. The molecule has 3 amide bonds. The number of amides is 3. The maximum atomic E-state index is 13.0. The van der Waals surface area contributed by atoms with E-state index in [0.717, 1.165) is 0 Å². The molecule has 0 saturated carbocycles. The standard InChI is InChI=1S/C21H21FN4O5/c1-12(27)25-7-2-8-26-16(25)11-24-10-15(18(28)19(29)17(24)21(26)31)20(30)23-9-13-3-5-14(22)6-4-13/h3-6,10,16,29H,2,7-9,11H2,1H3,(H,23,30). The van der Waals surface area contributed by atoms with Crippen molar-refractivity contribution in [2.24, 2.45) is 0 Å². The van der Waals surface area contributed by atoms with Crippen LogP contribution in [0.4, 0.5) is 4.39 Å².